The summed E-state index contributed by atoms with van der Waals surface area (Å²) >= 11 is 0. The maximum absolute atomic E-state index is 5.76. The monoisotopic (exact) mass is 173 g/mol. The molecule has 2 N–H and O–H groups in total. The Labute approximate surface area is 76.5 Å². The number of rotatable bonds is 6. The topological polar surface area (TPSA) is 35.2 Å². The molecule has 0 aliphatic heterocycles. The molecule has 0 fully saturated rings. The predicted molar refractivity (Wildman–Crippen MR) is 53.2 cm³/mol. The molecule has 0 spiro atoms. The summed E-state index contributed by atoms with van der Waals surface area (Å²) in [6.07, 6.45) is 2.16. The highest BCUT2D eigenvalue weighted by Crippen LogP contribution is 2.15. The number of hydrogen-bond acceptors (Lipinski definition) is 2. The molecule has 0 bridgehead atoms. The Balaban J connectivity index is 3.72. The van der Waals surface area contributed by atoms with Gasteiger partial charge in [-0.05, 0) is 19.3 Å². The van der Waals surface area contributed by atoms with Crippen LogP contribution in [0.3, 0.4) is 0 Å². The van der Waals surface area contributed by atoms with Gasteiger partial charge in [0.2, 0.25) is 0 Å². The first kappa shape index (κ1) is 11.9. The van der Waals surface area contributed by atoms with Crippen LogP contribution in [-0.4, -0.2) is 18.8 Å². The fourth-order valence-corrected chi connectivity index (χ4v) is 0.767. The van der Waals surface area contributed by atoms with Crippen LogP contribution in [0.1, 0.15) is 40.5 Å². The minimum Gasteiger partial charge on any atom is -0.374 e. The minimum atomic E-state index is -0.108. The molecule has 0 amide bonds. The van der Waals surface area contributed by atoms with Gasteiger partial charge in [0.1, 0.15) is 0 Å². The van der Waals surface area contributed by atoms with E-state index in [0.29, 0.717) is 12.5 Å². The van der Waals surface area contributed by atoms with E-state index >= 15 is 0 Å². The first-order valence-corrected chi connectivity index (χ1v) is 4.92. The highest BCUT2D eigenvalue weighted by Gasteiger charge is 2.20. The summed E-state index contributed by atoms with van der Waals surface area (Å²) in [6, 6.07) is 0. The smallest absolute Gasteiger partial charge is 0.0773 e. The molecule has 0 aromatic carbocycles. The highest BCUT2D eigenvalue weighted by molar-refractivity contribution is 4.74. The Bertz CT molecular complexity index is 110. The molecule has 0 saturated heterocycles. The van der Waals surface area contributed by atoms with Crippen molar-refractivity contribution in [1.29, 1.82) is 0 Å². The van der Waals surface area contributed by atoms with E-state index in [1.165, 1.54) is 6.42 Å². The maximum atomic E-state index is 5.76. The van der Waals surface area contributed by atoms with E-state index < -0.39 is 0 Å². The highest BCUT2D eigenvalue weighted by atomic mass is 16.5. The minimum absolute atomic E-state index is 0.108. The fraction of sp³-hybridized carbons (Fsp3) is 1.00. The molecule has 2 atom stereocenters. The summed E-state index contributed by atoms with van der Waals surface area (Å²) in [4.78, 5) is 0. The van der Waals surface area contributed by atoms with Gasteiger partial charge in [0.05, 0.1) is 5.60 Å². The molecule has 0 radical (unpaired) electrons. The van der Waals surface area contributed by atoms with Crippen LogP contribution in [0.4, 0.5) is 0 Å². The average molecular weight is 173 g/mol. The molecule has 12 heavy (non-hydrogen) atoms. The Kier molecular flexibility index (Phi) is 5.51. The van der Waals surface area contributed by atoms with Crippen LogP contribution in [0.15, 0.2) is 0 Å². The van der Waals surface area contributed by atoms with Crippen LogP contribution < -0.4 is 5.73 Å². The largest absolute Gasteiger partial charge is 0.374 e. The third-order valence-corrected chi connectivity index (χ3v) is 2.59. The van der Waals surface area contributed by atoms with Crippen LogP contribution in [0, 0.1) is 5.92 Å². The average Bonchev–Trinajstić information content (AvgIpc) is 2.13. The van der Waals surface area contributed by atoms with E-state index in [0.717, 1.165) is 13.0 Å². The molecule has 74 valence electrons. The number of hydrogen-bond donors (Lipinski definition) is 1. The number of ether oxygens (including phenoxy) is 1. The Morgan fingerprint density at radius 2 is 2.00 bits per heavy atom. The lowest BCUT2D eigenvalue weighted by Crippen LogP contribution is -2.38. The standard InChI is InChI=1S/C10H23NO/c1-5-9(3)7-12-10(4,6-2)8-11/h9H,5-8,11H2,1-4H3. The third kappa shape index (κ3) is 4.07. The van der Waals surface area contributed by atoms with Crippen molar-refractivity contribution < 1.29 is 4.74 Å². The van der Waals surface area contributed by atoms with Crippen molar-refractivity contribution in [2.75, 3.05) is 13.2 Å². The maximum Gasteiger partial charge on any atom is 0.0773 e. The lowest BCUT2D eigenvalue weighted by molar-refractivity contribution is -0.0422. The van der Waals surface area contributed by atoms with Crippen molar-refractivity contribution in [3.63, 3.8) is 0 Å². The molecule has 0 heterocycles. The van der Waals surface area contributed by atoms with Gasteiger partial charge in [-0.15, -0.1) is 0 Å². The molecule has 0 aliphatic rings. The molecule has 2 nitrogen and oxygen atoms in total. The normalized spacial score (nSPS) is 18.8. The first-order valence-electron chi connectivity index (χ1n) is 4.92. The van der Waals surface area contributed by atoms with Crippen LogP contribution >= 0.6 is 0 Å². The Morgan fingerprint density at radius 3 is 2.33 bits per heavy atom. The van der Waals surface area contributed by atoms with Gasteiger partial charge in [0, 0.05) is 13.2 Å². The summed E-state index contributed by atoms with van der Waals surface area (Å²) in [6.45, 7) is 10.0. The predicted octanol–water partition coefficient (Wildman–Crippen LogP) is 2.18. The lowest BCUT2D eigenvalue weighted by atomic mass is 10.0. The van der Waals surface area contributed by atoms with Gasteiger partial charge in [0.15, 0.2) is 0 Å². The molecule has 2 heteroatoms. The fourth-order valence-electron chi connectivity index (χ4n) is 0.767. The quantitative estimate of drug-likeness (QED) is 0.668. The van der Waals surface area contributed by atoms with Gasteiger partial charge in [-0.3, -0.25) is 0 Å². The molecule has 0 saturated carbocycles. The number of nitrogens with two attached hydrogens (primary N) is 1. The molecular formula is C10H23NO. The van der Waals surface area contributed by atoms with Crippen molar-refractivity contribution in [1.82, 2.24) is 0 Å². The van der Waals surface area contributed by atoms with Gasteiger partial charge >= 0.3 is 0 Å². The van der Waals surface area contributed by atoms with Crippen LogP contribution in [0.25, 0.3) is 0 Å². The van der Waals surface area contributed by atoms with Crippen molar-refractivity contribution in [2.45, 2.75) is 46.1 Å². The van der Waals surface area contributed by atoms with Crippen LogP contribution in [0.2, 0.25) is 0 Å². The zero-order valence-electron chi connectivity index (χ0n) is 8.89. The van der Waals surface area contributed by atoms with Gasteiger partial charge in [-0.2, -0.15) is 0 Å². The summed E-state index contributed by atoms with van der Waals surface area (Å²) in [5, 5.41) is 0. The molecule has 0 aliphatic carbocycles. The van der Waals surface area contributed by atoms with Crippen molar-refractivity contribution in [3.05, 3.63) is 0 Å². The lowest BCUT2D eigenvalue weighted by Gasteiger charge is -2.28. The SMILES string of the molecule is CCC(C)COC(C)(CC)CN. The Morgan fingerprint density at radius 1 is 1.42 bits per heavy atom. The second kappa shape index (κ2) is 5.55. The van der Waals surface area contributed by atoms with E-state index in [1.807, 2.05) is 0 Å². The Hall–Kier alpha value is -0.0800. The molecule has 2 unspecified atom stereocenters. The van der Waals surface area contributed by atoms with E-state index in [2.05, 4.69) is 27.7 Å². The summed E-state index contributed by atoms with van der Waals surface area (Å²) in [5.41, 5.74) is 5.51. The van der Waals surface area contributed by atoms with Crippen molar-refractivity contribution >= 4 is 0 Å². The van der Waals surface area contributed by atoms with E-state index in [1.54, 1.807) is 0 Å². The summed E-state index contributed by atoms with van der Waals surface area (Å²) in [7, 11) is 0. The zero-order valence-corrected chi connectivity index (χ0v) is 8.89. The molecule has 0 aromatic rings. The third-order valence-electron chi connectivity index (χ3n) is 2.59. The van der Waals surface area contributed by atoms with Gasteiger partial charge in [0.25, 0.3) is 0 Å². The van der Waals surface area contributed by atoms with Gasteiger partial charge in [-0.1, -0.05) is 27.2 Å². The van der Waals surface area contributed by atoms with E-state index in [4.69, 9.17) is 10.5 Å². The second-order valence-corrected chi connectivity index (χ2v) is 3.83. The summed E-state index contributed by atoms with van der Waals surface area (Å²) < 4.78 is 5.76. The van der Waals surface area contributed by atoms with Crippen LogP contribution in [0.5, 0.6) is 0 Å². The van der Waals surface area contributed by atoms with Gasteiger partial charge < -0.3 is 10.5 Å². The second-order valence-electron chi connectivity index (χ2n) is 3.83. The zero-order chi connectivity index (χ0) is 9.61. The van der Waals surface area contributed by atoms with Crippen LogP contribution in [-0.2, 0) is 4.74 Å². The van der Waals surface area contributed by atoms with E-state index in [-0.39, 0.29) is 5.60 Å². The molecular weight excluding hydrogens is 150 g/mol. The van der Waals surface area contributed by atoms with E-state index in [9.17, 15) is 0 Å². The molecule has 0 aromatic heterocycles. The van der Waals surface area contributed by atoms with Crippen molar-refractivity contribution in [3.8, 4) is 0 Å². The van der Waals surface area contributed by atoms with Gasteiger partial charge in [-0.25, -0.2) is 0 Å². The van der Waals surface area contributed by atoms with Crippen molar-refractivity contribution in [2.24, 2.45) is 11.7 Å². The summed E-state index contributed by atoms with van der Waals surface area (Å²) in [5.74, 6) is 0.641. The first-order chi connectivity index (χ1) is 5.58. The molecule has 0 rings (SSSR count).